The summed E-state index contributed by atoms with van der Waals surface area (Å²) in [7, 11) is 0. The number of anilines is 1. The first-order valence-electron chi connectivity index (χ1n) is 8.76. The van der Waals surface area contributed by atoms with Gasteiger partial charge >= 0.3 is 0 Å². The van der Waals surface area contributed by atoms with Gasteiger partial charge in [0.2, 0.25) is 5.78 Å². The smallest absolute Gasteiger partial charge is 0.295 e. The quantitative estimate of drug-likeness (QED) is 0.518. The van der Waals surface area contributed by atoms with Crippen molar-refractivity contribution in [2.75, 3.05) is 4.90 Å². The molecule has 3 rings (SSSR count). The molecule has 2 unspecified atom stereocenters. The van der Waals surface area contributed by atoms with Gasteiger partial charge < -0.3 is 0 Å². The molecule has 0 bridgehead atoms. The molecular formula is C21H18Cl2FNO3. The van der Waals surface area contributed by atoms with Crippen LogP contribution in [0.1, 0.15) is 31.0 Å². The second kappa shape index (κ2) is 7.64. The van der Waals surface area contributed by atoms with Crippen LogP contribution in [0.2, 0.25) is 10.0 Å². The van der Waals surface area contributed by atoms with Gasteiger partial charge in [-0.05, 0) is 42.3 Å². The zero-order chi connectivity index (χ0) is 20.7. The summed E-state index contributed by atoms with van der Waals surface area (Å²) in [5.41, 5.74) is 1.11. The first-order valence-corrected chi connectivity index (χ1v) is 9.52. The van der Waals surface area contributed by atoms with Crippen LogP contribution >= 0.6 is 23.2 Å². The first-order chi connectivity index (χ1) is 13.1. The number of Topliss-reactive ketones (excluding diaryl/α,β-unsaturated/α-hetero) is 2. The lowest BCUT2D eigenvalue weighted by Gasteiger charge is -2.29. The van der Waals surface area contributed by atoms with Crippen molar-refractivity contribution in [1.29, 1.82) is 0 Å². The van der Waals surface area contributed by atoms with Gasteiger partial charge in [-0.25, -0.2) is 4.39 Å². The molecule has 0 aliphatic carbocycles. The van der Waals surface area contributed by atoms with Crippen molar-refractivity contribution in [3.63, 3.8) is 0 Å². The second-order valence-corrected chi connectivity index (χ2v) is 7.94. The van der Waals surface area contributed by atoms with Crippen molar-refractivity contribution >= 4 is 46.4 Å². The number of hydrogen-bond acceptors (Lipinski definition) is 3. The number of rotatable bonds is 4. The van der Waals surface area contributed by atoms with Gasteiger partial charge in [0.25, 0.3) is 5.91 Å². The molecule has 1 aliphatic heterocycles. The van der Waals surface area contributed by atoms with Crippen LogP contribution in [-0.4, -0.2) is 17.5 Å². The Morgan fingerprint density at radius 3 is 2.43 bits per heavy atom. The summed E-state index contributed by atoms with van der Waals surface area (Å²) in [5.74, 6) is -4.68. The van der Waals surface area contributed by atoms with Gasteiger partial charge in [0.1, 0.15) is 11.7 Å². The van der Waals surface area contributed by atoms with Gasteiger partial charge in [-0.1, -0.05) is 49.2 Å². The Morgan fingerprint density at radius 2 is 1.82 bits per heavy atom. The maximum Gasteiger partial charge on any atom is 0.295 e. The van der Waals surface area contributed by atoms with E-state index in [0.717, 1.165) is 4.90 Å². The van der Waals surface area contributed by atoms with Crippen molar-refractivity contribution in [2.45, 2.75) is 26.8 Å². The molecule has 4 nitrogen and oxygen atoms in total. The summed E-state index contributed by atoms with van der Waals surface area (Å²) in [6.07, 6.45) is 0. The minimum Gasteiger partial charge on any atom is -0.298 e. The average Bonchev–Trinajstić information content (AvgIpc) is 2.88. The summed E-state index contributed by atoms with van der Waals surface area (Å²) in [4.78, 5) is 39.5. The Labute approximate surface area is 172 Å². The van der Waals surface area contributed by atoms with E-state index in [4.69, 9.17) is 23.2 Å². The van der Waals surface area contributed by atoms with Gasteiger partial charge in [-0.3, -0.25) is 19.3 Å². The van der Waals surface area contributed by atoms with Gasteiger partial charge in [-0.2, -0.15) is 0 Å². The highest BCUT2D eigenvalue weighted by Gasteiger charge is 2.53. The molecule has 2 atom stereocenters. The molecule has 2 aromatic carbocycles. The third-order valence-electron chi connectivity index (χ3n) is 4.92. The SMILES string of the molecule is Cc1cc(Cl)ccc1C1C(C(=O)C(C)C)C(=O)C(=O)N1c1cccc(Cl)c1F. The molecule has 0 N–H and O–H groups in total. The van der Waals surface area contributed by atoms with Crippen LogP contribution in [-0.2, 0) is 14.4 Å². The summed E-state index contributed by atoms with van der Waals surface area (Å²) >= 11 is 11.9. The molecule has 0 radical (unpaired) electrons. The summed E-state index contributed by atoms with van der Waals surface area (Å²) in [6, 6.07) is 8.18. The standard InChI is InChI=1S/C21H18Cl2FNO3/c1-10(2)19(26)16-18(13-8-7-12(22)9-11(13)3)25(21(28)20(16)27)15-6-4-5-14(23)17(15)24/h4-10,16,18H,1-3H3. The predicted molar refractivity (Wildman–Crippen MR) is 106 cm³/mol. The molecule has 1 amide bonds. The van der Waals surface area contributed by atoms with Crippen LogP contribution in [0.3, 0.4) is 0 Å². The van der Waals surface area contributed by atoms with Crippen LogP contribution in [0.15, 0.2) is 36.4 Å². The van der Waals surface area contributed by atoms with Crippen molar-refractivity contribution in [3.8, 4) is 0 Å². The van der Waals surface area contributed by atoms with Crippen LogP contribution in [0, 0.1) is 24.6 Å². The largest absolute Gasteiger partial charge is 0.298 e. The van der Waals surface area contributed by atoms with Crippen molar-refractivity contribution in [1.82, 2.24) is 0 Å². The second-order valence-electron chi connectivity index (χ2n) is 7.09. The van der Waals surface area contributed by atoms with Crippen molar-refractivity contribution in [2.24, 2.45) is 11.8 Å². The lowest BCUT2D eigenvalue weighted by molar-refractivity contribution is -0.139. The van der Waals surface area contributed by atoms with Gasteiger partial charge in [0.15, 0.2) is 5.82 Å². The van der Waals surface area contributed by atoms with Gasteiger partial charge in [0, 0.05) is 10.9 Å². The van der Waals surface area contributed by atoms with Crippen molar-refractivity contribution in [3.05, 3.63) is 63.4 Å². The van der Waals surface area contributed by atoms with E-state index in [2.05, 4.69) is 0 Å². The molecule has 1 aliphatic rings. The first kappa shape index (κ1) is 20.5. The summed E-state index contributed by atoms with van der Waals surface area (Å²) in [5, 5.41) is 0.298. The number of halogens is 3. The lowest BCUT2D eigenvalue weighted by atomic mass is 9.83. The molecule has 0 aromatic heterocycles. The molecule has 1 saturated heterocycles. The molecule has 1 heterocycles. The minimum absolute atomic E-state index is 0.135. The number of aryl methyl sites for hydroxylation is 1. The summed E-state index contributed by atoms with van der Waals surface area (Å²) < 4.78 is 14.8. The Hall–Kier alpha value is -2.24. The number of carbonyl (C=O) groups is 3. The highest BCUT2D eigenvalue weighted by atomic mass is 35.5. The van der Waals surface area contributed by atoms with E-state index in [1.807, 2.05) is 0 Å². The molecule has 7 heteroatoms. The van der Waals surface area contributed by atoms with Gasteiger partial charge in [0.05, 0.1) is 16.8 Å². The Bertz CT molecular complexity index is 990. The molecule has 0 spiro atoms. The third-order valence-corrected chi connectivity index (χ3v) is 5.45. The van der Waals surface area contributed by atoms with Crippen molar-refractivity contribution < 1.29 is 18.8 Å². The van der Waals surface area contributed by atoms with Crippen LogP contribution in [0.5, 0.6) is 0 Å². The van der Waals surface area contributed by atoms with Crippen LogP contribution in [0.25, 0.3) is 0 Å². The Kier molecular flexibility index (Phi) is 5.60. The Morgan fingerprint density at radius 1 is 1.14 bits per heavy atom. The molecule has 1 fully saturated rings. The van der Waals surface area contributed by atoms with Crippen LogP contribution in [0.4, 0.5) is 10.1 Å². The molecule has 28 heavy (non-hydrogen) atoms. The van der Waals surface area contributed by atoms with Crippen LogP contribution < -0.4 is 4.90 Å². The maximum atomic E-state index is 14.8. The van der Waals surface area contributed by atoms with E-state index in [0.29, 0.717) is 16.1 Å². The fraction of sp³-hybridized carbons (Fsp3) is 0.286. The molecular weight excluding hydrogens is 404 g/mol. The van der Waals surface area contributed by atoms with E-state index in [1.165, 1.54) is 18.2 Å². The fourth-order valence-corrected chi connectivity index (χ4v) is 3.94. The summed E-state index contributed by atoms with van der Waals surface area (Å²) in [6.45, 7) is 5.08. The van der Waals surface area contributed by atoms with Gasteiger partial charge in [-0.15, -0.1) is 0 Å². The lowest BCUT2D eigenvalue weighted by Crippen LogP contribution is -2.32. The minimum atomic E-state index is -1.23. The predicted octanol–water partition coefficient (Wildman–Crippen LogP) is 4.94. The Balaban J connectivity index is 2.27. The molecule has 146 valence electrons. The zero-order valence-corrected chi connectivity index (χ0v) is 17.0. The van der Waals surface area contributed by atoms with E-state index in [9.17, 15) is 18.8 Å². The van der Waals surface area contributed by atoms with E-state index >= 15 is 0 Å². The van der Waals surface area contributed by atoms with E-state index in [1.54, 1.807) is 39.0 Å². The van der Waals surface area contributed by atoms with E-state index in [-0.39, 0.29) is 16.5 Å². The highest BCUT2D eigenvalue weighted by molar-refractivity contribution is 6.48. The average molecular weight is 422 g/mol. The van der Waals surface area contributed by atoms with E-state index < -0.39 is 35.4 Å². The fourth-order valence-electron chi connectivity index (χ4n) is 3.54. The normalized spacial score (nSPS) is 19.6. The zero-order valence-electron chi connectivity index (χ0n) is 15.5. The molecule has 2 aromatic rings. The molecule has 0 saturated carbocycles. The number of hydrogen-bond donors (Lipinski definition) is 0. The number of benzene rings is 2. The number of carbonyl (C=O) groups excluding carboxylic acids is 3. The number of ketones is 2. The maximum absolute atomic E-state index is 14.8. The highest BCUT2D eigenvalue weighted by Crippen LogP contribution is 2.44. The monoisotopic (exact) mass is 421 g/mol. The number of nitrogens with zero attached hydrogens (tertiary/aromatic N) is 1. The number of amides is 1. The third kappa shape index (κ3) is 3.33. The topological polar surface area (TPSA) is 54.5 Å².